The van der Waals surface area contributed by atoms with Crippen LogP contribution >= 0.6 is 23.1 Å². The molecular weight excluding hydrogens is 632 g/mol. The van der Waals surface area contributed by atoms with Crippen molar-refractivity contribution in [2.24, 2.45) is 0 Å². The lowest BCUT2D eigenvalue weighted by Crippen LogP contribution is -2.30. The molecule has 0 fully saturated rings. The second kappa shape index (κ2) is 15.5. The quantitative estimate of drug-likeness (QED) is 0.0972. The number of benzene rings is 4. The molecule has 3 amide bonds. The number of amides is 3. The summed E-state index contributed by atoms with van der Waals surface area (Å²) < 4.78 is 13.5. The molecule has 7 nitrogen and oxygen atoms in total. The van der Waals surface area contributed by atoms with E-state index in [1.165, 1.54) is 59.0 Å². The van der Waals surface area contributed by atoms with Crippen molar-refractivity contribution in [1.82, 2.24) is 10.3 Å². The van der Waals surface area contributed by atoms with E-state index >= 15 is 0 Å². The summed E-state index contributed by atoms with van der Waals surface area (Å²) >= 11 is 2.82. The minimum Gasteiger partial charge on any atom is -0.321 e. The molecule has 238 valence electrons. The minimum absolute atomic E-state index is 0.0157. The number of hydrogen-bond acceptors (Lipinski definition) is 6. The topological polar surface area (TPSA) is 100 Å². The van der Waals surface area contributed by atoms with Gasteiger partial charge in [-0.1, -0.05) is 73.2 Å². The number of carbonyl (C=O) groups excluding carboxylic acids is 3. The number of thiazole rings is 1. The van der Waals surface area contributed by atoms with E-state index in [-0.39, 0.29) is 11.6 Å². The van der Waals surface area contributed by atoms with Crippen LogP contribution in [0.4, 0.5) is 15.2 Å². The third kappa shape index (κ3) is 9.02. The molecule has 5 aromatic rings. The molecule has 0 aliphatic rings. The van der Waals surface area contributed by atoms with Crippen LogP contribution < -0.4 is 16.0 Å². The van der Waals surface area contributed by atoms with Crippen molar-refractivity contribution >= 4 is 57.7 Å². The number of nitrogens with one attached hydrogen (secondary N) is 3. The van der Waals surface area contributed by atoms with Crippen molar-refractivity contribution < 1.29 is 18.8 Å². The summed E-state index contributed by atoms with van der Waals surface area (Å²) in [6, 6.07) is 29.4. The van der Waals surface area contributed by atoms with Gasteiger partial charge in [-0.05, 0) is 74.4 Å². The van der Waals surface area contributed by atoms with Crippen LogP contribution in [0.15, 0.2) is 114 Å². The largest absolute Gasteiger partial charge is 0.321 e. The number of rotatable bonds is 11. The van der Waals surface area contributed by atoms with Gasteiger partial charge in [-0.3, -0.25) is 14.4 Å². The Morgan fingerprint density at radius 1 is 0.894 bits per heavy atom. The Bertz CT molecular complexity index is 1910. The highest BCUT2D eigenvalue weighted by molar-refractivity contribution is 8.00. The van der Waals surface area contributed by atoms with Gasteiger partial charge in [0.1, 0.15) is 11.5 Å². The fraction of sp³-hybridized carbons (Fsp3) is 0.135. The van der Waals surface area contributed by atoms with Crippen molar-refractivity contribution in [3.05, 3.63) is 136 Å². The highest BCUT2D eigenvalue weighted by Gasteiger charge is 2.21. The summed E-state index contributed by atoms with van der Waals surface area (Å²) in [6.07, 6.45) is 2.05. The maximum atomic E-state index is 13.5. The summed E-state index contributed by atoms with van der Waals surface area (Å²) in [5, 5.41) is 8.64. The van der Waals surface area contributed by atoms with Crippen LogP contribution in [0.5, 0.6) is 0 Å². The van der Waals surface area contributed by atoms with Crippen LogP contribution in [0.2, 0.25) is 0 Å². The minimum atomic E-state index is -0.561. The van der Waals surface area contributed by atoms with E-state index < -0.39 is 22.9 Å². The first-order chi connectivity index (χ1) is 22.7. The number of halogens is 1. The Hall–Kier alpha value is -5.06. The van der Waals surface area contributed by atoms with Crippen molar-refractivity contribution in [2.45, 2.75) is 37.3 Å². The molecule has 0 aliphatic heterocycles. The molecule has 5 rings (SSSR count). The molecule has 0 saturated heterocycles. The number of carbonyl (C=O) groups is 3. The van der Waals surface area contributed by atoms with Gasteiger partial charge in [0.05, 0.1) is 10.9 Å². The molecule has 3 N–H and O–H groups in total. The van der Waals surface area contributed by atoms with Gasteiger partial charge in [0, 0.05) is 26.6 Å². The zero-order valence-corrected chi connectivity index (χ0v) is 27.7. The Balaban J connectivity index is 1.28. The highest BCUT2D eigenvalue weighted by atomic mass is 32.2. The van der Waals surface area contributed by atoms with Crippen LogP contribution in [0.25, 0.3) is 17.3 Å². The molecule has 0 aliphatic carbocycles. The van der Waals surface area contributed by atoms with Gasteiger partial charge in [0.2, 0.25) is 5.91 Å². The van der Waals surface area contributed by atoms with Crippen molar-refractivity contribution in [3.63, 3.8) is 0 Å². The second-order valence-electron chi connectivity index (χ2n) is 10.7. The molecule has 0 radical (unpaired) electrons. The molecule has 0 spiro atoms. The first kappa shape index (κ1) is 33.3. The fourth-order valence-corrected chi connectivity index (χ4v) is 6.47. The van der Waals surface area contributed by atoms with Gasteiger partial charge in [0.15, 0.2) is 5.13 Å². The Kier molecular flexibility index (Phi) is 11.0. The van der Waals surface area contributed by atoms with E-state index in [1.54, 1.807) is 48.5 Å². The van der Waals surface area contributed by atoms with E-state index in [0.29, 0.717) is 28.4 Å². The smallest absolute Gasteiger partial charge is 0.272 e. The fourth-order valence-electron chi connectivity index (χ4n) is 4.62. The normalized spacial score (nSPS) is 11.9. The number of aryl methyl sites for hydroxylation is 2. The van der Waals surface area contributed by atoms with Gasteiger partial charge in [-0.25, -0.2) is 9.37 Å². The maximum Gasteiger partial charge on any atom is 0.272 e. The van der Waals surface area contributed by atoms with Crippen LogP contribution in [-0.2, 0) is 9.59 Å². The van der Waals surface area contributed by atoms with E-state index in [9.17, 15) is 18.8 Å². The first-order valence-electron chi connectivity index (χ1n) is 15.0. The lowest BCUT2D eigenvalue weighted by atomic mass is 10.1. The number of hydrogen-bond donors (Lipinski definition) is 3. The molecule has 1 heterocycles. The Morgan fingerprint density at radius 2 is 1.62 bits per heavy atom. The van der Waals surface area contributed by atoms with E-state index in [1.807, 2.05) is 51.1 Å². The van der Waals surface area contributed by atoms with Gasteiger partial charge in [0.25, 0.3) is 11.8 Å². The van der Waals surface area contributed by atoms with Crippen LogP contribution in [0, 0.1) is 19.7 Å². The molecule has 47 heavy (non-hydrogen) atoms. The van der Waals surface area contributed by atoms with Gasteiger partial charge in [-0.15, -0.1) is 23.1 Å². The Morgan fingerprint density at radius 3 is 2.32 bits per heavy atom. The molecular formula is C37H33FN4O3S2. The summed E-state index contributed by atoms with van der Waals surface area (Å²) in [5.74, 6) is -1.60. The third-order valence-corrected chi connectivity index (χ3v) is 9.34. The highest BCUT2D eigenvalue weighted by Crippen LogP contribution is 2.33. The van der Waals surface area contributed by atoms with Crippen LogP contribution in [0.1, 0.15) is 39.7 Å². The molecule has 10 heteroatoms. The van der Waals surface area contributed by atoms with Gasteiger partial charge in [-0.2, -0.15) is 0 Å². The van der Waals surface area contributed by atoms with E-state index in [2.05, 4.69) is 20.9 Å². The Labute approximate surface area is 281 Å². The molecule has 4 aromatic carbocycles. The summed E-state index contributed by atoms with van der Waals surface area (Å²) in [5.41, 5.74) is 4.39. The average Bonchev–Trinajstić information content (AvgIpc) is 3.44. The zero-order valence-electron chi connectivity index (χ0n) is 26.0. The van der Waals surface area contributed by atoms with Gasteiger partial charge < -0.3 is 16.0 Å². The SMILES string of the molecule is CCC(Sc1cccc(NC(=O)/C(=C/c2ccc(F)cc2)NC(=O)c2ccccc2)c1)C(=O)Nc1nc(-c2ccc(C)cc2)c(C)s1. The summed E-state index contributed by atoms with van der Waals surface area (Å²) in [6.45, 7) is 5.96. The molecule has 0 bridgehead atoms. The third-order valence-electron chi connectivity index (χ3n) is 7.10. The predicted molar refractivity (Wildman–Crippen MR) is 189 cm³/mol. The first-order valence-corrected chi connectivity index (χ1v) is 16.6. The zero-order chi connectivity index (χ0) is 33.3. The maximum absolute atomic E-state index is 13.5. The lowest BCUT2D eigenvalue weighted by molar-refractivity contribution is -0.116. The molecule has 0 saturated carbocycles. The number of anilines is 2. The van der Waals surface area contributed by atoms with E-state index in [4.69, 9.17) is 0 Å². The number of nitrogens with zero attached hydrogens (tertiary/aromatic N) is 1. The number of thioether (sulfide) groups is 1. The monoisotopic (exact) mass is 664 g/mol. The second-order valence-corrected chi connectivity index (χ2v) is 13.2. The van der Waals surface area contributed by atoms with Crippen LogP contribution in [-0.4, -0.2) is 28.0 Å². The summed E-state index contributed by atoms with van der Waals surface area (Å²) in [7, 11) is 0. The standard InChI is InChI=1S/C37H33FN4O3S2/c1-4-32(36(45)42-37-41-33(24(3)46-37)26-17-13-23(2)14-18-26)47-30-12-8-11-29(22-30)39-35(44)31(21-25-15-19-28(38)20-16-25)40-34(43)27-9-6-5-7-10-27/h5-22,32H,4H2,1-3H3,(H,39,44)(H,40,43)(H,41,42,45)/b31-21-. The molecule has 1 atom stereocenters. The predicted octanol–water partition coefficient (Wildman–Crippen LogP) is 8.49. The van der Waals surface area contributed by atoms with Gasteiger partial charge >= 0.3 is 0 Å². The molecule has 1 unspecified atom stereocenters. The van der Waals surface area contributed by atoms with Crippen molar-refractivity contribution in [3.8, 4) is 11.3 Å². The van der Waals surface area contributed by atoms with Crippen molar-refractivity contribution in [1.29, 1.82) is 0 Å². The average molecular weight is 665 g/mol. The van der Waals surface area contributed by atoms with Crippen LogP contribution in [0.3, 0.4) is 0 Å². The lowest BCUT2D eigenvalue weighted by Gasteiger charge is -2.15. The summed E-state index contributed by atoms with van der Waals surface area (Å²) in [4.78, 5) is 46.2. The molecule has 1 aromatic heterocycles. The van der Waals surface area contributed by atoms with Crippen molar-refractivity contribution in [2.75, 3.05) is 10.6 Å². The number of aromatic nitrogens is 1. The van der Waals surface area contributed by atoms with E-state index in [0.717, 1.165) is 21.0 Å².